The number of carbonyl (C=O) groups excluding carboxylic acids is 1. The van der Waals surface area contributed by atoms with Crippen molar-refractivity contribution in [2.45, 2.75) is 0 Å². The lowest BCUT2D eigenvalue weighted by Gasteiger charge is -2.18. The second-order valence-corrected chi connectivity index (χ2v) is 3.49. The zero-order valence-electron chi connectivity index (χ0n) is 9.78. The molecular formula is C11H17N3O3. The van der Waals surface area contributed by atoms with Gasteiger partial charge in [-0.15, -0.1) is 0 Å². The van der Waals surface area contributed by atoms with E-state index in [-0.39, 0.29) is 32.2 Å². The highest BCUT2D eigenvalue weighted by atomic mass is 16.3. The third-order valence-corrected chi connectivity index (χ3v) is 2.31. The Balaban J connectivity index is 2.63. The smallest absolute Gasteiger partial charge is 0.246 e. The van der Waals surface area contributed by atoms with Gasteiger partial charge in [-0.05, 0) is 12.1 Å². The molecule has 1 aromatic rings. The number of carbonyl (C=O) groups is 1. The largest absolute Gasteiger partial charge is 0.395 e. The fourth-order valence-electron chi connectivity index (χ4n) is 1.38. The highest BCUT2D eigenvalue weighted by molar-refractivity contribution is 5.91. The van der Waals surface area contributed by atoms with E-state index in [0.29, 0.717) is 0 Å². The van der Waals surface area contributed by atoms with E-state index in [1.807, 2.05) is 0 Å². The van der Waals surface area contributed by atoms with Crippen LogP contribution in [0.2, 0.25) is 0 Å². The summed E-state index contributed by atoms with van der Waals surface area (Å²) in [7, 11) is 1.78. The molecule has 0 bridgehead atoms. The lowest BCUT2D eigenvalue weighted by molar-refractivity contribution is -0.126. The van der Waals surface area contributed by atoms with E-state index in [1.165, 1.54) is 11.0 Å². The van der Waals surface area contributed by atoms with Gasteiger partial charge in [0.15, 0.2) is 0 Å². The minimum atomic E-state index is -0.241. The zero-order chi connectivity index (χ0) is 12.7. The molecule has 0 aromatic carbocycles. The van der Waals surface area contributed by atoms with Crippen molar-refractivity contribution in [1.29, 1.82) is 0 Å². The second kappa shape index (κ2) is 6.82. The molecule has 6 heteroatoms. The van der Waals surface area contributed by atoms with Gasteiger partial charge in [0.05, 0.1) is 18.9 Å². The van der Waals surface area contributed by atoms with Crippen molar-refractivity contribution in [3.8, 4) is 0 Å². The minimum absolute atomic E-state index is 0.120. The third-order valence-electron chi connectivity index (χ3n) is 2.31. The normalized spacial score (nSPS) is 11.0. The molecule has 0 atom stereocenters. The van der Waals surface area contributed by atoms with Crippen LogP contribution in [0.5, 0.6) is 0 Å². The van der Waals surface area contributed by atoms with E-state index in [2.05, 4.69) is 5.10 Å². The van der Waals surface area contributed by atoms with Crippen LogP contribution in [0.25, 0.3) is 6.08 Å². The summed E-state index contributed by atoms with van der Waals surface area (Å²) in [5.74, 6) is -0.241. The maximum Gasteiger partial charge on any atom is 0.246 e. The molecule has 0 saturated heterocycles. The molecule has 0 unspecified atom stereocenters. The second-order valence-electron chi connectivity index (χ2n) is 3.49. The third kappa shape index (κ3) is 4.01. The Labute approximate surface area is 99.8 Å². The Kier molecular flexibility index (Phi) is 5.38. The Bertz CT molecular complexity index is 381. The summed E-state index contributed by atoms with van der Waals surface area (Å²) in [5.41, 5.74) is 0.811. The molecule has 17 heavy (non-hydrogen) atoms. The molecule has 0 radical (unpaired) electrons. The van der Waals surface area contributed by atoms with Crippen molar-refractivity contribution in [3.05, 3.63) is 24.0 Å². The van der Waals surface area contributed by atoms with Crippen LogP contribution in [0.4, 0.5) is 0 Å². The van der Waals surface area contributed by atoms with Gasteiger partial charge < -0.3 is 15.1 Å². The highest BCUT2D eigenvalue weighted by Gasteiger charge is 2.08. The molecule has 1 heterocycles. The molecule has 2 N–H and O–H groups in total. The maximum absolute atomic E-state index is 11.7. The Morgan fingerprint density at radius 1 is 1.47 bits per heavy atom. The number of hydrogen-bond acceptors (Lipinski definition) is 4. The summed E-state index contributed by atoms with van der Waals surface area (Å²) in [5, 5.41) is 21.6. The zero-order valence-corrected chi connectivity index (χ0v) is 9.78. The number of aryl methyl sites for hydroxylation is 1. The molecule has 0 spiro atoms. The number of aliphatic hydroxyl groups excluding tert-OH is 2. The van der Waals surface area contributed by atoms with E-state index in [0.717, 1.165) is 5.69 Å². The summed E-state index contributed by atoms with van der Waals surface area (Å²) in [4.78, 5) is 13.1. The van der Waals surface area contributed by atoms with Crippen LogP contribution >= 0.6 is 0 Å². The molecule has 1 amide bonds. The van der Waals surface area contributed by atoms with Crippen molar-refractivity contribution in [2.75, 3.05) is 26.3 Å². The number of nitrogens with zero attached hydrogens (tertiary/aromatic N) is 3. The Hall–Kier alpha value is -1.66. The lowest BCUT2D eigenvalue weighted by atomic mass is 10.3. The van der Waals surface area contributed by atoms with E-state index in [4.69, 9.17) is 10.2 Å². The number of amides is 1. The van der Waals surface area contributed by atoms with Gasteiger partial charge >= 0.3 is 0 Å². The van der Waals surface area contributed by atoms with Crippen LogP contribution in [0, 0.1) is 0 Å². The summed E-state index contributed by atoms with van der Waals surface area (Å²) < 4.78 is 1.65. The quantitative estimate of drug-likeness (QED) is 0.640. The van der Waals surface area contributed by atoms with Gasteiger partial charge in [0.25, 0.3) is 0 Å². The fraction of sp³-hybridized carbons (Fsp3) is 0.455. The molecule has 94 valence electrons. The summed E-state index contributed by atoms with van der Waals surface area (Å²) in [6.45, 7) is 0.195. The van der Waals surface area contributed by atoms with Crippen molar-refractivity contribution >= 4 is 12.0 Å². The standard InChI is InChI=1S/C11H17N3O3/c1-13-10(4-5-12-13)2-3-11(17)14(6-8-15)7-9-16/h2-5,15-16H,6-9H2,1H3/b3-2+. The molecule has 0 fully saturated rings. The molecule has 0 aliphatic rings. The first-order valence-corrected chi connectivity index (χ1v) is 5.35. The Morgan fingerprint density at radius 2 is 2.12 bits per heavy atom. The van der Waals surface area contributed by atoms with Crippen molar-refractivity contribution in [2.24, 2.45) is 7.05 Å². The van der Waals surface area contributed by atoms with Gasteiger partial charge in [-0.3, -0.25) is 9.48 Å². The number of aromatic nitrogens is 2. The summed E-state index contributed by atoms with van der Waals surface area (Å²) >= 11 is 0. The summed E-state index contributed by atoms with van der Waals surface area (Å²) in [6, 6.07) is 1.78. The first kappa shape index (κ1) is 13.4. The molecule has 0 aliphatic heterocycles. The van der Waals surface area contributed by atoms with E-state index < -0.39 is 0 Å². The van der Waals surface area contributed by atoms with Crippen LogP contribution in [0.15, 0.2) is 18.3 Å². The predicted octanol–water partition coefficient (Wildman–Crippen LogP) is -0.754. The first-order valence-electron chi connectivity index (χ1n) is 5.35. The van der Waals surface area contributed by atoms with Gasteiger partial charge in [0.1, 0.15) is 0 Å². The molecule has 1 aromatic heterocycles. The fourth-order valence-corrected chi connectivity index (χ4v) is 1.38. The van der Waals surface area contributed by atoms with Gasteiger partial charge in [-0.25, -0.2) is 0 Å². The average Bonchev–Trinajstić information content (AvgIpc) is 2.71. The van der Waals surface area contributed by atoms with Crippen molar-refractivity contribution in [3.63, 3.8) is 0 Å². The van der Waals surface area contributed by atoms with E-state index >= 15 is 0 Å². The van der Waals surface area contributed by atoms with Gasteiger partial charge in [0.2, 0.25) is 5.91 Å². The SMILES string of the molecule is Cn1nccc1/C=C/C(=O)N(CCO)CCO. The molecule has 0 aliphatic carbocycles. The number of hydrogen-bond donors (Lipinski definition) is 2. The number of aliphatic hydroxyl groups is 2. The molecule has 1 rings (SSSR count). The van der Waals surface area contributed by atoms with Gasteiger partial charge in [-0.2, -0.15) is 5.10 Å². The van der Waals surface area contributed by atoms with Crippen molar-refractivity contribution < 1.29 is 15.0 Å². The van der Waals surface area contributed by atoms with Crippen molar-refractivity contribution in [1.82, 2.24) is 14.7 Å². The highest BCUT2D eigenvalue weighted by Crippen LogP contribution is 2.00. The predicted molar refractivity (Wildman–Crippen MR) is 63.0 cm³/mol. The topological polar surface area (TPSA) is 78.6 Å². The molecular weight excluding hydrogens is 222 g/mol. The van der Waals surface area contributed by atoms with E-state index in [1.54, 1.807) is 30.1 Å². The van der Waals surface area contributed by atoms with Gasteiger partial charge in [-0.1, -0.05) is 0 Å². The van der Waals surface area contributed by atoms with Crippen LogP contribution in [0.3, 0.4) is 0 Å². The minimum Gasteiger partial charge on any atom is -0.395 e. The maximum atomic E-state index is 11.7. The monoisotopic (exact) mass is 239 g/mol. The summed E-state index contributed by atoms with van der Waals surface area (Å²) in [6.07, 6.45) is 4.70. The van der Waals surface area contributed by atoms with Gasteiger partial charge in [0, 0.05) is 32.4 Å². The van der Waals surface area contributed by atoms with Crippen LogP contribution in [-0.4, -0.2) is 57.1 Å². The van der Waals surface area contributed by atoms with Crippen LogP contribution in [0.1, 0.15) is 5.69 Å². The number of rotatable bonds is 6. The lowest BCUT2D eigenvalue weighted by Crippen LogP contribution is -2.34. The van der Waals surface area contributed by atoms with E-state index in [9.17, 15) is 4.79 Å². The average molecular weight is 239 g/mol. The first-order chi connectivity index (χ1) is 8.19. The van der Waals surface area contributed by atoms with Crippen LogP contribution in [-0.2, 0) is 11.8 Å². The Morgan fingerprint density at radius 3 is 2.59 bits per heavy atom. The molecule has 6 nitrogen and oxygen atoms in total. The van der Waals surface area contributed by atoms with Crippen LogP contribution < -0.4 is 0 Å². The molecule has 0 saturated carbocycles.